The van der Waals surface area contributed by atoms with E-state index in [1.807, 2.05) is 13.0 Å². The SMILES string of the molecule is COc1cc(C(=O)N2CCNC(=O)C2)ccc1C. The van der Waals surface area contributed by atoms with E-state index in [0.717, 1.165) is 5.56 Å². The summed E-state index contributed by atoms with van der Waals surface area (Å²) < 4.78 is 5.19. The summed E-state index contributed by atoms with van der Waals surface area (Å²) in [7, 11) is 1.57. The van der Waals surface area contributed by atoms with Crippen LogP contribution in [0, 0.1) is 6.92 Å². The summed E-state index contributed by atoms with van der Waals surface area (Å²) in [6, 6.07) is 5.31. The standard InChI is InChI=1S/C13H16N2O3/c1-9-3-4-10(7-11(9)18-2)13(17)15-6-5-14-12(16)8-15/h3-4,7H,5-6,8H2,1-2H3,(H,14,16). The zero-order chi connectivity index (χ0) is 13.1. The fraction of sp³-hybridized carbons (Fsp3) is 0.385. The van der Waals surface area contributed by atoms with Crippen molar-refractivity contribution in [2.75, 3.05) is 26.7 Å². The topological polar surface area (TPSA) is 58.6 Å². The molecule has 1 fully saturated rings. The van der Waals surface area contributed by atoms with Crippen LogP contribution < -0.4 is 10.1 Å². The van der Waals surface area contributed by atoms with Gasteiger partial charge >= 0.3 is 0 Å². The summed E-state index contributed by atoms with van der Waals surface area (Å²) in [6.45, 7) is 3.09. The Hall–Kier alpha value is -2.04. The van der Waals surface area contributed by atoms with Gasteiger partial charge in [0.1, 0.15) is 5.75 Å². The van der Waals surface area contributed by atoms with Crippen LogP contribution in [0.2, 0.25) is 0 Å². The third-order valence-corrected chi connectivity index (χ3v) is 2.98. The first-order chi connectivity index (χ1) is 8.61. The van der Waals surface area contributed by atoms with Crippen LogP contribution >= 0.6 is 0 Å². The minimum atomic E-state index is -0.136. The van der Waals surface area contributed by atoms with Crippen molar-refractivity contribution in [1.82, 2.24) is 10.2 Å². The Bertz CT molecular complexity index is 485. The lowest BCUT2D eigenvalue weighted by molar-refractivity contribution is -0.123. The Labute approximate surface area is 106 Å². The Morgan fingerprint density at radius 1 is 1.44 bits per heavy atom. The molecule has 0 bridgehead atoms. The van der Waals surface area contributed by atoms with Crippen molar-refractivity contribution in [1.29, 1.82) is 0 Å². The summed E-state index contributed by atoms with van der Waals surface area (Å²) >= 11 is 0. The molecule has 0 unspecified atom stereocenters. The Morgan fingerprint density at radius 3 is 2.89 bits per heavy atom. The Kier molecular flexibility index (Phi) is 3.50. The number of hydrogen-bond donors (Lipinski definition) is 1. The average Bonchev–Trinajstić information content (AvgIpc) is 2.38. The zero-order valence-corrected chi connectivity index (χ0v) is 10.5. The fourth-order valence-corrected chi connectivity index (χ4v) is 1.95. The highest BCUT2D eigenvalue weighted by Crippen LogP contribution is 2.20. The van der Waals surface area contributed by atoms with Crippen molar-refractivity contribution in [2.45, 2.75) is 6.92 Å². The highest BCUT2D eigenvalue weighted by atomic mass is 16.5. The zero-order valence-electron chi connectivity index (χ0n) is 10.5. The van der Waals surface area contributed by atoms with Crippen molar-refractivity contribution in [3.63, 3.8) is 0 Å². The van der Waals surface area contributed by atoms with E-state index in [4.69, 9.17) is 4.74 Å². The van der Waals surface area contributed by atoms with E-state index in [2.05, 4.69) is 5.32 Å². The van der Waals surface area contributed by atoms with Gasteiger partial charge in [0.2, 0.25) is 5.91 Å². The molecule has 0 radical (unpaired) electrons. The summed E-state index contributed by atoms with van der Waals surface area (Å²) in [4.78, 5) is 25.0. The quantitative estimate of drug-likeness (QED) is 0.832. The molecule has 0 saturated carbocycles. The van der Waals surface area contributed by atoms with Crippen LogP contribution in [0.1, 0.15) is 15.9 Å². The molecule has 1 N–H and O–H groups in total. The van der Waals surface area contributed by atoms with E-state index >= 15 is 0 Å². The number of methoxy groups -OCH3 is 1. The molecule has 1 saturated heterocycles. The van der Waals surface area contributed by atoms with Crippen molar-refractivity contribution in [3.05, 3.63) is 29.3 Å². The normalized spacial score (nSPS) is 15.2. The molecule has 1 aromatic carbocycles. The highest BCUT2D eigenvalue weighted by molar-refractivity contribution is 5.97. The van der Waals surface area contributed by atoms with E-state index in [1.54, 1.807) is 24.1 Å². The molecule has 2 amide bonds. The van der Waals surface area contributed by atoms with Crippen LogP contribution in [0.25, 0.3) is 0 Å². The molecule has 0 spiro atoms. The van der Waals surface area contributed by atoms with Gasteiger partial charge in [-0.1, -0.05) is 6.07 Å². The third kappa shape index (κ3) is 2.45. The second-order valence-corrected chi connectivity index (χ2v) is 4.26. The van der Waals surface area contributed by atoms with Crippen LogP contribution in [0.15, 0.2) is 18.2 Å². The second-order valence-electron chi connectivity index (χ2n) is 4.26. The molecular formula is C13H16N2O3. The molecule has 1 heterocycles. The number of nitrogens with zero attached hydrogens (tertiary/aromatic N) is 1. The molecule has 1 aliphatic rings. The maximum atomic E-state index is 12.2. The Morgan fingerprint density at radius 2 is 2.22 bits per heavy atom. The number of hydrogen-bond acceptors (Lipinski definition) is 3. The number of aryl methyl sites for hydroxylation is 1. The smallest absolute Gasteiger partial charge is 0.254 e. The van der Waals surface area contributed by atoms with Gasteiger partial charge in [0.25, 0.3) is 5.91 Å². The summed E-state index contributed by atoms with van der Waals surface area (Å²) in [5, 5.41) is 2.69. The lowest BCUT2D eigenvalue weighted by Gasteiger charge is -2.26. The van der Waals surface area contributed by atoms with E-state index < -0.39 is 0 Å². The minimum absolute atomic E-state index is 0.117. The van der Waals surface area contributed by atoms with E-state index in [1.165, 1.54) is 0 Å². The fourth-order valence-electron chi connectivity index (χ4n) is 1.95. The lowest BCUT2D eigenvalue weighted by atomic mass is 10.1. The first-order valence-electron chi connectivity index (χ1n) is 5.82. The van der Waals surface area contributed by atoms with E-state index in [0.29, 0.717) is 24.4 Å². The van der Waals surface area contributed by atoms with Crippen LogP contribution in [-0.4, -0.2) is 43.5 Å². The maximum absolute atomic E-state index is 12.2. The highest BCUT2D eigenvalue weighted by Gasteiger charge is 2.22. The van der Waals surface area contributed by atoms with E-state index in [-0.39, 0.29) is 18.4 Å². The van der Waals surface area contributed by atoms with Gasteiger partial charge in [-0.05, 0) is 24.6 Å². The van der Waals surface area contributed by atoms with Gasteiger partial charge in [0.15, 0.2) is 0 Å². The third-order valence-electron chi connectivity index (χ3n) is 2.98. The largest absolute Gasteiger partial charge is 0.496 e. The number of carbonyl (C=O) groups is 2. The summed E-state index contributed by atoms with van der Waals surface area (Å²) in [5.74, 6) is 0.430. The molecule has 96 valence electrons. The molecule has 2 rings (SSSR count). The molecule has 0 atom stereocenters. The van der Waals surface area contributed by atoms with Gasteiger partial charge < -0.3 is 15.0 Å². The van der Waals surface area contributed by atoms with Crippen molar-refractivity contribution in [2.24, 2.45) is 0 Å². The minimum Gasteiger partial charge on any atom is -0.496 e. The van der Waals surface area contributed by atoms with Crippen LogP contribution in [0.5, 0.6) is 5.75 Å². The average molecular weight is 248 g/mol. The van der Waals surface area contributed by atoms with Gasteiger partial charge in [-0.25, -0.2) is 0 Å². The molecule has 5 nitrogen and oxygen atoms in total. The number of benzene rings is 1. The van der Waals surface area contributed by atoms with Crippen LogP contribution in [-0.2, 0) is 4.79 Å². The van der Waals surface area contributed by atoms with E-state index in [9.17, 15) is 9.59 Å². The summed E-state index contributed by atoms with van der Waals surface area (Å²) in [6.07, 6.45) is 0. The molecule has 1 aliphatic heterocycles. The van der Waals surface area contributed by atoms with Crippen LogP contribution in [0.3, 0.4) is 0 Å². The number of carbonyl (C=O) groups excluding carboxylic acids is 2. The number of rotatable bonds is 2. The number of amides is 2. The van der Waals surface area contributed by atoms with Gasteiger partial charge in [-0.2, -0.15) is 0 Å². The van der Waals surface area contributed by atoms with Gasteiger partial charge in [0, 0.05) is 18.7 Å². The maximum Gasteiger partial charge on any atom is 0.254 e. The molecule has 5 heteroatoms. The van der Waals surface area contributed by atoms with Crippen molar-refractivity contribution >= 4 is 11.8 Å². The monoisotopic (exact) mass is 248 g/mol. The molecular weight excluding hydrogens is 232 g/mol. The van der Waals surface area contributed by atoms with Crippen molar-refractivity contribution in [3.8, 4) is 5.75 Å². The number of piperazine rings is 1. The molecule has 0 aliphatic carbocycles. The first-order valence-corrected chi connectivity index (χ1v) is 5.82. The second kappa shape index (κ2) is 5.08. The summed E-state index contributed by atoms with van der Waals surface area (Å²) in [5.41, 5.74) is 1.53. The number of nitrogens with one attached hydrogen (secondary N) is 1. The molecule has 1 aromatic rings. The van der Waals surface area contributed by atoms with Crippen molar-refractivity contribution < 1.29 is 14.3 Å². The van der Waals surface area contributed by atoms with Gasteiger partial charge in [0.05, 0.1) is 13.7 Å². The van der Waals surface area contributed by atoms with Gasteiger partial charge in [-0.15, -0.1) is 0 Å². The van der Waals surface area contributed by atoms with Crippen LogP contribution in [0.4, 0.5) is 0 Å². The Balaban J connectivity index is 2.20. The predicted octanol–water partition coefficient (Wildman–Crippen LogP) is 0.576. The van der Waals surface area contributed by atoms with Gasteiger partial charge in [-0.3, -0.25) is 9.59 Å². The lowest BCUT2D eigenvalue weighted by Crippen LogP contribution is -2.49. The predicted molar refractivity (Wildman–Crippen MR) is 66.6 cm³/mol. The molecule has 0 aromatic heterocycles. The number of ether oxygens (including phenoxy) is 1. The molecule has 18 heavy (non-hydrogen) atoms. The first kappa shape index (κ1) is 12.4.